The van der Waals surface area contributed by atoms with E-state index in [9.17, 15) is 0 Å². The van der Waals surface area contributed by atoms with E-state index < -0.39 is 0 Å². The monoisotopic (exact) mass is 852 g/mol. The van der Waals surface area contributed by atoms with Crippen molar-refractivity contribution in [3.8, 4) is 0 Å². The van der Waals surface area contributed by atoms with E-state index in [-0.39, 0.29) is 0 Å². The van der Waals surface area contributed by atoms with Crippen molar-refractivity contribution in [2.24, 2.45) is 0 Å². The molecule has 9 aromatic carbocycles. The Balaban J connectivity index is 1.05. The molecule has 0 spiro atoms. The van der Waals surface area contributed by atoms with Crippen LogP contribution in [0.1, 0.15) is 69.5 Å². The quantitative estimate of drug-likeness (QED) is 0.101. The number of benzene rings is 9. The standard InChI is InChI=1S/C64H56N2/c1-5-49-25-37-57(38-26-49)65(63-23-15-13-17-47(63)3)59-41-29-51(30-42-59)45-61(53-19-9-7-10-20-53)55-33-35-56(36-34-55)62(54-21-11-8-12-22-54)46-52-31-43-60(44-32-52)66(64-24-16-14-18-48(64)4)58-39-27-50(6-2)28-40-58/h7-46H,5-6H2,1-4H3/b61-45+,62-46+. The van der Waals surface area contributed by atoms with Crippen molar-refractivity contribution >= 4 is 57.4 Å². The second-order valence-electron chi connectivity index (χ2n) is 16.9. The summed E-state index contributed by atoms with van der Waals surface area (Å²) in [5.74, 6) is 0. The molecule has 9 aromatic rings. The van der Waals surface area contributed by atoms with Crippen LogP contribution in [0.3, 0.4) is 0 Å². The SMILES string of the molecule is CCc1ccc(N(c2ccc(/C=C(\c3ccccc3)c3ccc(/C(=C/c4ccc(N(c5ccc(CC)cc5)c5ccccc5C)cc4)c4ccccc4)cc3)cc2)c2ccccc2C)cc1. The fraction of sp³-hybridized carbons (Fsp3) is 0.0938. The normalized spacial score (nSPS) is 11.6. The van der Waals surface area contributed by atoms with Gasteiger partial charge >= 0.3 is 0 Å². The average Bonchev–Trinajstić information content (AvgIpc) is 3.38. The molecule has 9 rings (SSSR count). The summed E-state index contributed by atoms with van der Waals surface area (Å²) in [5, 5.41) is 0. The fourth-order valence-corrected chi connectivity index (χ4v) is 8.75. The van der Waals surface area contributed by atoms with Crippen molar-refractivity contribution in [2.75, 3.05) is 9.80 Å². The van der Waals surface area contributed by atoms with Gasteiger partial charge in [-0.3, -0.25) is 0 Å². The molecule has 0 N–H and O–H groups in total. The maximum absolute atomic E-state index is 2.36. The number of nitrogens with zero attached hydrogens (tertiary/aromatic N) is 2. The van der Waals surface area contributed by atoms with Crippen LogP contribution in [0.25, 0.3) is 23.3 Å². The number of hydrogen-bond acceptors (Lipinski definition) is 2. The molecule has 2 nitrogen and oxygen atoms in total. The minimum absolute atomic E-state index is 1.02. The molecule has 322 valence electrons. The minimum Gasteiger partial charge on any atom is -0.310 e. The highest BCUT2D eigenvalue weighted by molar-refractivity contribution is 5.95. The third kappa shape index (κ3) is 9.75. The Bertz CT molecular complexity index is 2840. The van der Waals surface area contributed by atoms with Gasteiger partial charge in [0.25, 0.3) is 0 Å². The van der Waals surface area contributed by atoms with E-state index in [2.05, 4.69) is 280 Å². The summed E-state index contributed by atoms with van der Waals surface area (Å²) in [6.45, 7) is 8.77. The van der Waals surface area contributed by atoms with Gasteiger partial charge in [-0.15, -0.1) is 0 Å². The van der Waals surface area contributed by atoms with Gasteiger partial charge in [-0.2, -0.15) is 0 Å². The van der Waals surface area contributed by atoms with Gasteiger partial charge in [-0.25, -0.2) is 0 Å². The molecular weight excluding hydrogens is 797 g/mol. The lowest BCUT2D eigenvalue weighted by Crippen LogP contribution is -2.11. The molecule has 0 saturated carbocycles. The summed E-state index contributed by atoms with van der Waals surface area (Å²) in [4.78, 5) is 4.72. The van der Waals surface area contributed by atoms with Gasteiger partial charge < -0.3 is 9.80 Å². The van der Waals surface area contributed by atoms with E-state index in [0.29, 0.717) is 0 Å². The van der Waals surface area contributed by atoms with Gasteiger partial charge in [0.1, 0.15) is 0 Å². The van der Waals surface area contributed by atoms with Crippen LogP contribution in [0.15, 0.2) is 231 Å². The molecule has 0 aliphatic rings. The molecule has 0 fully saturated rings. The zero-order valence-electron chi connectivity index (χ0n) is 38.4. The molecule has 0 radical (unpaired) electrons. The van der Waals surface area contributed by atoms with Crippen LogP contribution in [0.4, 0.5) is 34.1 Å². The molecule has 0 saturated heterocycles. The van der Waals surface area contributed by atoms with Crippen LogP contribution in [0.2, 0.25) is 0 Å². The van der Waals surface area contributed by atoms with E-state index in [1.807, 2.05) is 0 Å². The van der Waals surface area contributed by atoms with Gasteiger partial charge in [0.2, 0.25) is 0 Å². The van der Waals surface area contributed by atoms with Crippen LogP contribution >= 0.6 is 0 Å². The topological polar surface area (TPSA) is 6.48 Å². The van der Waals surface area contributed by atoms with Crippen molar-refractivity contribution in [2.45, 2.75) is 40.5 Å². The Morgan fingerprint density at radius 1 is 0.318 bits per heavy atom. The average molecular weight is 853 g/mol. The molecule has 0 aliphatic carbocycles. The number of anilines is 6. The molecule has 0 atom stereocenters. The van der Waals surface area contributed by atoms with Crippen LogP contribution in [-0.4, -0.2) is 0 Å². The number of hydrogen-bond donors (Lipinski definition) is 0. The Morgan fingerprint density at radius 3 is 0.924 bits per heavy atom. The van der Waals surface area contributed by atoms with Crippen molar-refractivity contribution in [1.82, 2.24) is 0 Å². The van der Waals surface area contributed by atoms with Crippen molar-refractivity contribution in [3.63, 3.8) is 0 Å². The second-order valence-corrected chi connectivity index (χ2v) is 16.9. The summed E-state index contributed by atoms with van der Waals surface area (Å²) >= 11 is 0. The predicted molar refractivity (Wildman–Crippen MR) is 284 cm³/mol. The molecule has 0 aromatic heterocycles. The minimum atomic E-state index is 1.02. The van der Waals surface area contributed by atoms with Gasteiger partial charge in [0.15, 0.2) is 0 Å². The highest BCUT2D eigenvalue weighted by atomic mass is 15.1. The van der Waals surface area contributed by atoms with Gasteiger partial charge in [-0.1, -0.05) is 184 Å². The summed E-state index contributed by atoms with van der Waals surface area (Å²) in [6, 6.07) is 83.6. The maximum atomic E-state index is 2.36. The first kappa shape index (κ1) is 43.3. The van der Waals surface area contributed by atoms with Crippen molar-refractivity contribution < 1.29 is 0 Å². The summed E-state index contributed by atoms with van der Waals surface area (Å²) in [7, 11) is 0. The molecule has 0 heterocycles. The van der Waals surface area contributed by atoms with E-state index >= 15 is 0 Å². The zero-order valence-corrected chi connectivity index (χ0v) is 38.4. The van der Waals surface area contributed by atoms with E-state index in [1.54, 1.807) is 0 Å². The predicted octanol–water partition coefficient (Wildman–Crippen LogP) is 17.5. The van der Waals surface area contributed by atoms with Gasteiger partial charge in [0.05, 0.1) is 0 Å². The molecule has 0 aliphatic heterocycles. The fourth-order valence-electron chi connectivity index (χ4n) is 8.75. The zero-order chi connectivity index (χ0) is 45.2. The van der Waals surface area contributed by atoms with Crippen molar-refractivity contribution in [1.29, 1.82) is 0 Å². The first-order chi connectivity index (χ1) is 32.4. The number of aryl methyl sites for hydroxylation is 4. The molecule has 0 amide bonds. The smallest absolute Gasteiger partial charge is 0.0490 e. The Morgan fingerprint density at radius 2 is 0.606 bits per heavy atom. The van der Waals surface area contributed by atoms with Crippen LogP contribution in [-0.2, 0) is 12.8 Å². The molecule has 66 heavy (non-hydrogen) atoms. The van der Waals surface area contributed by atoms with Crippen LogP contribution < -0.4 is 9.80 Å². The lowest BCUT2D eigenvalue weighted by molar-refractivity contribution is 1.13. The third-order valence-corrected chi connectivity index (χ3v) is 12.5. The molecule has 2 heteroatoms. The number of rotatable bonds is 14. The lowest BCUT2D eigenvalue weighted by atomic mass is 9.91. The highest BCUT2D eigenvalue weighted by Gasteiger charge is 2.17. The van der Waals surface area contributed by atoms with Gasteiger partial charge in [0, 0.05) is 34.1 Å². The summed E-state index contributed by atoms with van der Waals surface area (Å²) < 4.78 is 0. The van der Waals surface area contributed by atoms with Crippen molar-refractivity contribution in [3.05, 3.63) is 286 Å². The van der Waals surface area contributed by atoms with Crippen LogP contribution in [0, 0.1) is 13.8 Å². The molecule has 0 unspecified atom stereocenters. The first-order valence-corrected chi connectivity index (χ1v) is 23.2. The largest absolute Gasteiger partial charge is 0.310 e. The van der Waals surface area contributed by atoms with E-state index in [4.69, 9.17) is 0 Å². The Labute approximate surface area is 392 Å². The third-order valence-electron chi connectivity index (χ3n) is 12.5. The Hall–Kier alpha value is -7.94. The summed E-state index contributed by atoms with van der Waals surface area (Å²) in [5.41, 5.74) is 21.3. The van der Waals surface area contributed by atoms with Gasteiger partial charge in [-0.05, 0) is 166 Å². The Kier molecular flexibility index (Phi) is 13.3. The lowest BCUT2D eigenvalue weighted by Gasteiger charge is -2.27. The first-order valence-electron chi connectivity index (χ1n) is 23.2. The highest BCUT2D eigenvalue weighted by Crippen LogP contribution is 2.39. The van der Waals surface area contributed by atoms with Crippen LogP contribution in [0.5, 0.6) is 0 Å². The maximum Gasteiger partial charge on any atom is 0.0490 e. The molecular formula is C64H56N2. The second kappa shape index (κ2) is 20.3. The summed E-state index contributed by atoms with van der Waals surface area (Å²) in [6.07, 6.45) is 6.66. The number of para-hydroxylation sites is 2. The van der Waals surface area contributed by atoms with E-state index in [1.165, 1.54) is 55.9 Å². The molecule has 0 bridgehead atoms. The van der Waals surface area contributed by atoms with E-state index in [0.717, 1.165) is 57.8 Å².